The summed E-state index contributed by atoms with van der Waals surface area (Å²) in [5.41, 5.74) is 1.32. The number of thioether (sulfide) groups is 1. The van der Waals surface area contributed by atoms with E-state index in [1.165, 1.54) is 49.9 Å². The van der Waals surface area contributed by atoms with Gasteiger partial charge in [0.25, 0.3) is 5.69 Å². The second-order valence-electron chi connectivity index (χ2n) is 6.81. The molecule has 1 aromatic carbocycles. The standard InChI is InChI=1S/C18H23N3O3S/c1-12-10-15(8-9-16(12)21(23)24)19-18-20(17(22)11-25-18)13(2)14-6-4-3-5-7-14/h8-10,13-14H,3-7,11H2,1-2H3/b19-18-. The molecule has 0 bridgehead atoms. The fraction of sp³-hybridized carbons (Fsp3) is 0.556. The van der Waals surface area contributed by atoms with Crippen LogP contribution < -0.4 is 0 Å². The molecule has 1 aromatic rings. The minimum atomic E-state index is -0.391. The van der Waals surface area contributed by atoms with Gasteiger partial charge in [-0.25, -0.2) is 4.99 Å². The van der Waals surface area contributed by atoms with Crippen molar-refractivity contribution < 1.29 is 9.72 Å². The van der Waals surface area contributed by atoms with E-state index in [4.69, 9.17) is 0 Å². The van der Waals surface area contributed by atoms with Crippen LogP contribution in [0.5, 0.6) is 0 Å². The Labute approximate surface area is 151 Å². The quantitative estimate of drug-likeness (QED) is 0.587. The van der Waals surface area contributed by atoms with Gasteiger partial charge < -0.3 is 0 Å². The molecule has 25 heavy (non-hydrogen) atoms. The monoisotopic (exact) mass is 361 g/mol. The van der Waals surface area contributed by atoms with E-state index in [0.29, 0.717) is 22.9 Å². The van der Waals surface area contributed by atoms with Gasteiger partial charge in [-0.05, 0) is 44.7 Å². The number of carbonyl (C=O) groups excluding carboxylic acids is 1. The average molecular weight is 361 g/mol. The van der Waals surface area contributed by atoms with Gasteiger partial charge in [-0.15, -0.1) is 0 Å². The second-order valence-corrected chi connectivity index (χ2v) is 7.76. The molecule has 1 aliphatic heterocycles. The van der Waals surface area contributed by atoms with E-state index in [9.17, 15) is 14.9 Å². The molecule has 0 radical (unpaired) electrons. The lowest BCUT2D eigenvalue weighted by Gasteiger charge is -2.33. The van der Waals surface area contributed by atoms with E-state index >= 15 is 0 Å². The Balaban J connectivity index is 1.84. The number of carbonyl (C=O) groups is 1. The normalized spacial score (nSPS) is 21.8. The summed E-state index contributed by atoms with van der Waals surface area (Å²) in [6.07, 6.45) is 6.09. The van der Waals surface area contributed by atoms with Gasteiger partial charge in [-0.1, -0.05) is 31.0 Å². The molecule has 1 saturated heterocycles. The Bertz CT molecular complexity index is 714. The summed E-state index contributed by atoms with van der Waals surface area (Å²) >= 11 is 1.45. The maximum absolute atomic E-state index is 12.4. The third-order valence-corrected chi connectivity index (χ3v) is 6.08. The summed E-state index contributed by atoms with van der Waals surface area (Å²) in [5.74, 6) is 1.06. The Hall–Kier alpha value is -1.89. The van der Waals surface area contributed by atoms with E-state index in [1.807, 2.05) is 4.90 Å². The van der Waals surface area contributed by atoms with Gasteiger partial charge >= 0.3 is 0 Å². The molecule has 6 nitrogen and oxygen atoms in total. The Morgan fingerprint density at radius 2 is 2.04 bits per heavy atom. The zero-order chi connectivity index (χ0) is 18.0. The first-order valence-electron chi connectivity index (χ1n) is 8.76. The molecule has 1 heterocycles. The third-order valence-electron chi connectivity index (χ3n) is 5.14. The van der Waals surface area contributed by atoms with Crippen LogP contribution in [0.15, 0.2) is 23.2 Å². The molecular formula is C18H23N3O3S. The van der Waals surface area contributed by atoms with Crippen molar-refractivity contribution in [3.63, 3.8) is 0 Å². The Kier molecular flexibility index (Phi) is 5.42. The first kappa shape index (κ1) is 17.9. The molecular weight excluding hydrogens is 338 g/mol. The van der Waals surface area contributed by atoms with Gasteiger partial charge in [-0.2, -0.15) is 0 Å². The highest BCUT2D eigenvalue weighted by atomic mass is 32.2. The minimum Gasteiger partial charge on any atom is -0.287 e. The van der Waals surface area contributed by atoms with Crippen LogP contribution in [-0.4, -0.2) is 32.7 Å². The van der Waals surface area contributed by atoms with Gasteiger partial charge in [0.15, 0.2) is 5.17 Å². The van der Waals surface area contributed by atoms with Crippen molar-refractivity contribution in [1.82, 2.24) is 4.90 Å². The van der Waals surface area contributed by atoms with E-state index in [-0.39, 0.29) is 17.6 Å². The van der Waals surface area contributed by atoms with Gasteiger partial charge in [0.05, 0.1) is 16.4 Å². The molecule has 1 unspecified atom stereocenters. The first-order chi connectivity index (χ1) is 12.0. The SMILES string of the molecule is Cc1cc(/N=C2\SCC(=O)N2C(C)C2CCCCC2)ccc1[N+](=O)[O-]. The number of nitro groups is 1. The van der Waals surface area contributed by atoms with E-state index < -0.39 is 4.92 Å². The van der Waals surface area contributed by atoms with Crippen LogP contribution in [0.4, 0.5) is 11.4 Å². The largest absolute Gasteiger partial charge is 0.287 e. The van der Waals surface area contributed by atoms with E-state index in [1.54, 1.807) is 19.1 Å². The number of amides is 1. The highest BCUT2D eigenvalue weighted by Gasteiger charge is 2.36. The molecule has 2 fully saturated rings. The van der Waals surface area contributed by atoms with Gasteiger partial charge in [0.2, 0.25) is 5.91 Å². The van der Waals surface area contributed by atoms with Gasteiger partial charge in [-0.3, -0.25) is 19.8 Å². The zero-order valence-corrected chi connectivity index (χ0v) is 15.4. The van der Waals surface area contributed by atoms with E-state index in [2.05, 4.69) is 11.9 Å². The lowest BCUT2D eigenvalue weighted by molar-refractivity contribution is -0.385. The molecule has 1 aliphatic carbocycles. The summed E-state index contributed by atoms with van der Waals surface area (Å²) in [6, 6.07) is 4.98. The second kappa shape index (κ2) is 7.56. The molecule has 3 rings (SSSR count). The van der Waals surface area contributed by atoms with Crippen molar-refractivity contribution in [3.05, 3.63) is 33.9 Å². The van der Waals surface area contributed by atoms with E-state index in [0.717, 1.165) is 5.17 Å². The summed E-state index contributed by atoms with van der Waals surface area (Å²) in [6.45, 7) is 3.83. The number of nitro benzene ring substituents is 1. The summed E-state index contributed by atoms with van der Waals surface area (Å²) < 4.78 is 0. The molecule has 0 spiro atoms. The predicted molar refractivity (Wildman–Crippen MR) is 100 cm³/mol. The lowest BCUT2D eigenvalue weighted by Crippen LogP contribution is -2.42. The summed E-state index contributed by atoms with van der Waals surface area (Å²) in [4.78, 5) is 29.4. The van der Waals surface area contributed by atoms with Crippen molar-refractivity contribution in [2.75, 3.05) is 5.75 Å². The van der Waals surface area contributed by atoms with Crippen LogP contribution in [0, 0.1) is 23.0 Å². The van der Waals surface area contributed by atoms with Crippen molar-refractivity contribution in [2.24, 2.45) is 10.9 Å². The van der Waals surface area contributed by atoms with Crippen molar-refractivity contribution >= 4 is 34.2 Å². The number of hydrogen-bond donors (Lipinski definition) is 0. The molecule has 0 N–H and O–H groups in total. The van der Waals surface area contributed by atoms with Crippen molar-refractivity contribution in [1.29, 1.82) is 0 Å². The maximum Gasteiger partial charge on any atom is 0.272 e. The number of aryl methyl sites for hydroxylation is 1. The number of nitrogens with zero attached hydrogens (tertiary/aromatic N) is 3. The minimum absolute atomic E-state index is 0.0894. The smallest absolute Gasteiger partial charge is 0.272 e. The zero-order valence-electron chi connectivity index (χ0n) is 14.6. The number of hydrogen-bond acceptors (Lipinski definition) is 5. The van der Waals surface area contributed by atoms with Crippen LogP contribution in [0.3, 0.4) is 0 Å². The average Bonchev–Trinajstić information content (AvgIpc) is 2.95. The molecule has 134 valence electrons. The molecule has 0 aromatic heterocycles. The molecule has 2 aliphatic rings. The van der Waals surface area contributed by atoms with Crippen LogP contribution in [0.1, 0.15) is 44.6 Å². The molecule has 1 atom stereocenters. The van der Waals surface area contributed by atoms with Crippen molar-refractivity contribution in [3.8, 4) is 0 Å². The third kappa shape index (κ3) is 3.86. The highest BCUT2D eigenvalue weighted by Crippen LogP contribution is 2.34. The molecule has 1 saturated carbocycles. The predicted octanol–water partition coefficient (Wildman–Crippen LogP) is 4.43. The topological polar surface area (TPSA) is 75.8 Å². The Morgan fingerprint density at radius 1 is 1.32 bits per heavy atom. The molecule has 7 heteroatoms. The Morgan fingerprint density at radius 3 is 2.68 bits per heavy atom. The van der Waals surface area contributed by atoms with Crippen molar-refractivity contribution in [2.45, 2.75) is 52.0 Å². The van der Waals surface area contributed by atoms with Crippen LogP contribution in [0.25, 0.3) is 0 Å². The summed E-state index contributed by atoms with van der Waals surface area (Å²) in [7, 11) is 0. The fourth-order valence-electron chi connectivity index (χ4n) is 3.71. The number of amidine groups is 1. The maximum atomic E-state index is 12.4. The number of benzene rings is 1. The van der Waals surface area contributed by atoms with Crippen LogP contribution in [-0.2, 0) is 4.79 Å². The van der Waals surface area contributed by atoms with Crippen LogP contribution >= 0.6 is 11.8 Å². The first-order valence-corrected chi connectivity index (χ1v) is 9.74. The highest BCUT2D eigenvalue weighted by molar-refractivity contribution is 8.15. The molecule has 1 amide bonds. The number of rotatable bonds is 4. The number of aliphatic imine (C=N–C) groups is 1. The lowest BCUT2D eigenvalue weighted by atomic mass is 9.84. The van der Waals surface area contributed by atoms with Gasteiger partial charge in [0, 0.05) is 17.7 Å². The fourth-order valence-corrected chi connectivity index (χ4v) is 4.68. The summed E-state index contributed by atoms with van der Waals surface area (Å²) in [5, 5.41) is 11.7. The van der Waals surface area contributed by atoms with Gasteiger partial charge in [0.1, 0.15) is 0 Å². The van der Waals surface area contributed by atoms with Crippen LogP contribution in [0.2, 0.25) is 0 Å².